The Morgan fingerprint density at radius 2 is 1.93 bits per heavy atom. The maximum Gasteiger partial charge on any atom is 0.233 e. The van der Waals surface area contributed by atoms with Gasteiger partial charge in [0.2, 0.25) is 11.8 Å². The Bertz CT molecular complexity index is 826. The molecule has 0 saturated carbocycles. The summed E-state index contributed by atoms with van der Waals surface area (Å²) in [6, 6.07) is 15.7. The van der Waals surface area contributed by atoms with E-state index in [0.29, 0.717) is 10.7 Å². The number of amides is 2. The summed E-state index contributed by atoms with van der Waals surface area (Å²) in [6.45, 7) is 4.59. The number of hydrogen-bond acceptors (Lipinski definition) is 3. The first-order valence-corrected chi connectivity index (χ1v) is 9.99. The molecule has 148 valence electrons. The maximum atomic E-state index is 12.3. The van der Waals surface area contributed by atoms with Crippen molar-refractivity contribution >= 4 is 29.1 Å². The van der Waals surface area contributed by atoms with E-state index in [1.54, 1.807) is 12.1 Å². The number of benzene rings is 2. The summed E-state index contributed by atoms with van der Waals surface area (Å²) in [7, 11) is 0. The summed E-state index contributed by atoms with van der Waals surface area (Å²) < 4.78 is 0. The van der Waals surface area contributed by atoms with Gasteiger partial charge in [-0.3, -0.25) is 14.5 Å². The quantitative estimate of drug-likeness (QED) is 0.727. The van der Waals surface area contributed by atoms with Crippen molar-refractivity contribution in [3.8, 4) is 0 Å². The summed E-state index contributed by atoms with van der Waals surface area (Å²) in [5.41, 5.74) is 2.81. The first-order chi connectivity index (χ1) is 13.5. The van der Waals surface area contributed by atoms with E-state index in [0.717, 1.165) is 38.0 Å². The normalized spacial score (nSPS) is 17.1. The summed E-state index contributed by atoms with van der Waals surface area (Å²) in [4.78, 5) is 26.9. The van der Waals surface area contributed by atoms with Gasteiger partial charge in [-0.15, -0.1) is 0 Å². The fourth-order valence-electron chi connectivity index (χ4n) is 3.51. The summed E-state index contributed by atoms with van der Waals surface area (Å²) in [5, 5.41) is 6.32. The molecule has 6 heteroatoms. The largest absolute Gasteiger partial charge is 0.352 e. The maximum absolute atomic E-state index is 12.3. The second-order valence-corrected chi connectivity index (χ2v) is 7.75. The Morgan fingerprint density at radius 1 is 1.14 bits per heavy atom. The zero-order chi connectivity index (χ0) is 19.9. The molecule has 0 bridgehead atoms. The molecule has 1 atom stereocenters. The lowest BCUT2D eigenvalue weighted by Crippen LogP contribution is -2.47. The van der Waals surface area contributed by atoms with E-state index < -0.39 is 0 Å². The Hall–Kier alpha value is -2.37. The molecule has 2 N–H and O–H groups in total. The van der Waals surface area contributed by atoms with Gasteiger partial charge in [-0.05, 0) is 49.6 Å². The highest BCUT2D eigenvalue weighted by Gasteiger charge is 2.22. The highest BCUT2D eigenvalue weighted by atomic mass is 35.5. The van der Waals surface area contributed by atoms with Crippen LogP contribution in [-0.4, -0.2) is 35.8 Å². The lowest BCUT2D eigenvalue weighted by atomic mass is 10.0. The van der Waals surface area contributed by atoms with Crippen molar-refractivity contribution < 1.29 is 9.59 Å². The molecular weight excluding hydrogens is 374 g/mol. The smallest absolute Gasteiger partial charge is 0.233 e. The van der Waals surface area contributed by atoms with E-state index in [2.05, 4.69) is 27.7 Å². The molecule has 0 unspecified atom stereocenters. The van der Waals surface area contributed by atoms with E-state index in [9.17, 15) is 9.59 Å². The van der Waals surface area contributed by atoms with E-state index in [-0.39, 0.29) is 24.3 Å². The van der Waals surface area contributed by atoms with Crippen molar-refractivity contribution in [2.75, 3.05) is 18.4 Å². The van der Waals surface area contributed by atoms with Gasteiger partial charge in [0, 0.05) is 29.8 Å². The first kappa shape index (κ1) is 20.4. The fraction of sp³-hybridized carbons (Fsp3) is 0.364. The van der Waals surface area contributed by atoms with Crippen LogP contribution >= 0.6 is 11.6 Å². The highest BCUT2D eigenvalue weighted by Crippen LogP contribution is 2.20. The lowest BCUT2D eigenvalue weighted by Gasteiger charge is -2.33. The molecule has 2 amide bonds. The first-order valence-electron chi connectivity index (χ1n) is 9.61. The van der Waals surface area contributed by atoms with Gasteiger partial charge < -0.3 is 10.6 Å². The van der Waals surface area contributed by atoms with Crippen molar-refractivity contribution in [2.24, 2.45) is 0 Å². The van der Waals surface area contributed by atoms with Gasteiger partial charge in [0.05, 0.1) is 0 Å². The van der Waals surface area contributed by atoms with Crippen LogP contribution in [0.25, 0.3) is 0 Å². The molecule has 2 aromatic carbocycles. The van der Waals surface area contributed by atoms with E-state index >= 15 is 0 Å². The van der Waals surface area contributed by atoms with Gasteiger partial charge in [-0.2, -0.15) is 0 Å². The Labute approximate surface area is 171 Å². The number of aryl methyl sites for hydroxylation is 1. The molecule has 1 aliphatic rings. The van der Waals surface area contributed by atoms with Crippen molar-refractivity contribution in [3.63, 3.8) is 0 Å². The van der Waals surface area contributed by atoms with Crippen LogP contribution in [0.1, 0.15) is 30.4 Å². The van der Waals surface area contributed by atoms with Crippen LogP contribution in [0.2, 0.25) is 5.02 Å². The Balaban J connectivity index is 1.47. The molecule has 1 aliphatic heterocycles. The number of piperidine rings is 1. The highest BCUT2D eigenvalue weighted by molar-refractivity contribution is 6.31. The zero-order valence-electron chi connectivity index (χ0n) is 16.1. The molecule has 0 aliphatic carbocycles. The molecule has 1 saturated heterocycles. The summed E-state index contributed by atoms with van der Waals surface area (Å²) in [5.74, 6) is -0.580. The van der Waals surface area contributed by atoms with Gasteiger partial charge in [0.15, 0.2) is 0 Å². The minimum Gasteiger partial charge on any atom is -0.352 e. The molecular formula is C22H26ClN3O2. The van der Waals surface area contributed by atoms with Gasteiger partial charge in [-0.1, -0.05) is 48.0 Å². The third-order valence-corrected chi connectivity index (χ3v) is 5.15. The number of nitrogens with one attached hydrogen (secondary N) is 2. The molecule has 3 rings (SSSR count). The average Bonchev–Trinajstić information content (AvgIpc) is 2.65. The zero-order valence-corrected chi connectivity index (χ0v) is 16.8. The minimum absolute atomic E-state index is 0.0747. The number of carbonyl (C=O) groups is 2. The third kappa shape index (κ3) is 6.08. The number of anilines is 1. The van der Waals surface area contributed by atoms with E-state index in [1.165, 1.54) is 5.56 Å². The predicted molar refractivity (Wildman–Crippen MR) is 112 cm³/mol. The number of likely N-dealkylation sites (tertiary alicyclic amines) is 1. The minimum atomic E-state index is -0.334. The van der Waals surface area contributed by atoms with Crippen LogP contribution < -0.4 is 10.6 Å². The average molecular weight is 400 g/mol. The van der Waals surface area contributed by atoms with Gasteiger partial charge >= 0.3 is 0 Å². The van der Waals surface area contributed by atoms with Crippen LogP contribution in [0.15, 0.2) is 48.5 Å². The molecule has 0 radical (unpaired) electrons. The topological polar surface area (TPSA) is 61.4 Å². The molecule has 1 heterocycles. The van der Waals surface area contributed by atoms with E-state index in [4.69, 9.17) is 11.6 Å². The fourth-order valence-corrected chi connectivity index (χ4v) is 3.68. The second kappa shape index (κ2) is 9.71. The molecule has 28 heavy (non-hydrogen) atoms. The molecule has 0 aromatic heterocycles. The standard InChI is InChI=1S/C22H26ClN3O2/c1-16-9-10-18(23)12-20(16)25-22(28)13-21(27)24-19-8-5-11-26(15-19)14-17-6-3-2-4-7-17/h2-4,6-7,9-10,12,19H,5,8,11,13-15H2,1H3,(H,24,27)(H,25,28)/t19-/m0/s1. The van der Waals surface area contributed by atoms with Crippen LogP contribution in [0, 0.1) is 6.92 Å². The van der Waals surface area contributed by atoms with Crippen LogP contribution in [0.3, 0.4) is 0 Å². The molecule has 2 aromatic rings. The van der Waals surface area contributed by atoms with Gasteiger partial charge in [0.25, 0.3) is 0 Å². The van der Waals surface area contributed by atoms with Crippen LogP contribution in [0.5, 0.6) is 0 Å². The monoisotopic (exact) mass is 399 g/mol. The summed E-state index contributed by atoms with van der Waals surface area (Å²) >= 11 is 5.97. The van der Waals surface area contributed by atoms with Crippen molar-refractivity contribution in [3.05, 3.63) is 64.7 Å². The molecule has 1 fully saturated rings. The van der Waals surface area contributed by atoms with Gasteiger partial charge in [-0.25, -0.2) is 0 Å². The Morgan fingerprint density at radius 3 is 2.71 bits per heavy atom. The SMILES string of the molecule is Cc1ccc(Cl)cc1NC(=O)CC(=O)N[C@H]1CCCN(Cc2ccccc2)C1. The third-order valence-electron chi connectivity index (χ3n) is 4.91. The van der Waals surface area contributed by atoms with Crippen LogP contribution in [-0.2, 0) is 16.1 Å². The number of rotatable bonds is 6. The predicted octanol–water partition coefficient (Wildman–Crippen LogP) is 3.76. The van der Waals surface area contributed by atoms with Gasteiger partial charge in [0.1, 0.15) is 6.42 Å². The molecule has 5 nitrogen and oxygen atoms in total. The number of nitrogens with zero attached hydrogens (tertiary/aromatic N) is 1. The van der Waals surface area contributed by atoms with Crippen LogP contribution in [0.4, 0.5) is 5.69 Å². The second-order valence-electron chi connectivity index (χ2n) is 7.31. The molecule has 0 spiro atoms. The number of hydrogen-bond donors (Lipinski definition) is 2. The number of carbonyl (C=O) groups excluding carboxylic acids is 2. The van der Waals surface area contributed by atoms with Crippen molar-refractivity contribution in [1.82, 2.24) is 10.2 Å². The Kier molecular flexibility index (Phi) is 7.06. The number of halogens is 1. The van der Waals surface area contributed by atoms with E-state index in [1.807, 2.05) is 31.2 Å². The lowest BCUT2D eigenvalue weighted by molar-refractivity contribution is -0.127. The van der Waals surface area contributed by atoms with Crippen molar-refractivity contribution in [2.45, 2.75) is 38.8 Å². The van der Waals surface area contributed by atoms with Crippen molar-refractivity contribution in [1.29, 1.82) is 0 Å². The summed E-state index contributed by atoms with van der Waals surface area (Å²) in [6.07, 6.45) is 1.78.